The fourth-order valence-corrected chi connectivity index (χ4v) is 4.73. The van der Waals surface area contributed by atoms with Crippen molar-refractivity contribution in [1.82, 2.24) is 14.9 Å². The van der Waals surface area contributed by atoms with Crippen LogP contribution in [0.2, 0.25) is 0 Å². The van der Waals surface area contributed by atoms with Crippen molar-refractivity contribution < 1.29 is 13.6 Å². The first-order chi connectivity index (χ1) is 16.9. The number of hydrogen-bond acceptors (Lipinski definition) is 6. The van der Waals surface area contributed by atoms with E-state index < -0.39 is 5.82 Å². The molecule has 182 valence electrons. The molecule has 5 rings (SSSR count). The summed E-state index contributed by atoms with van der Waals surface area (Å²) in [5.41, 5.74) is 2.80. The number of halogens is 2. The second-order valence-corrected chi connectivity index (χ2v) is 9.08. The van der Waals surface area contributed by atoms with Crippen LogP contribution in [0.5, 0.6) is 0 Å². The fourth-order valence-electron chi connectivity index (χ4n) is 4.73. The Kier molecular flexibility index (Phi) is 6.23. The molecule has 2 aliphatic rings. The summed E-state index contributed by atoms with van der Waals surface area (Å²) in [4.78, 5) is 30.6. The van der Waals surface area contributed by atoms with Crippen LogP contribution < -0.4 is 14.7 Å². The Hall–Kier alpha value is -3.75. The molecule has 1 amide bonds. The number of carbonyl (C=O) groups is 1. The van der Waals surface area contributed by atoms with Gasteiger partial charge in [-0.2, -0.15) is 4.98 Å². The zero-order chi connectivity index (χ0) is 24.5. The number of para-hydroxylation sites is 1. The Morgan fingerprint density at radius 2 is 1.66 bits per heavy atom. The highest BCUT2D eigenvalue weighted by Crippen LogP contribution is 2.30. The average Bonchev–Trinajstić information content (AvgIpc) is 2.87. The second kappa shape index (κ2) is 9.48. The van der Waals surface area contributed by atoms with Crippen molar-refractivity contribution in [1.29, 1.82) is 0 Å². The quantitative estimate of drug-likeness (QED) is 0.574. The smallest absolute Gasteiger partial charge is 0.254 e. The van der Waals surface area contributed by atoms with Gasteiger partial charge in [0.15, 0.2) is 0 Å². The van der Waals surface area contributed by atoms with E-state index in [9.17, 15) is 13.6 Å². The Morgan fingerprint density at radius 3 is 2.37 bits per heavy atom. The third-order valence-electron chi connectivity index (χ3n) is 6.56. The standard InChI is InChI=1S/C26H28F2N6O/c1-31(2)24-20-17-34(25(35)18-6-5-7-19(27)16-18)11-10-22(20)29-26(30-24)33-14-12-32(13-15-33)23-9-4-3-8-21(23)28/h3-9,16H,10-15,17H2,1-2H3. The molecule has 9 heteroatoms. The molecular formula is C26H28F2N6O. The Bertz CT molecular complexity index is 1240. The van der Waals surface area contributed by atoms with Crippen molar-refractivity contribution in [2.75, 3.05) is 61.5 Å². The van der Waals surface area contributed by atoms with Gasteiger partial charge in [-0.3, -0.25) is 4.79 Å². The van der Waals surface area contributed by atoms with Gasteiger partial charge in [0.1, 0.15) is 17.5 Å². The van der Waals surface area contributed by atoms with Gasteiger partial charge in [0.05, 0.1) is 17.9 Å². The van der Waals surface area contributed by atoms with Gasteiger partial charge in [-0.1, -0.05) is 18.2 Å². The molecule has 0 spiro atoms. The average molecular weight is 479 g/mol. The number of aromatic nitrogens is 2. The highest BCUT2D eigenvalue weighted by molar-refractivity contribution is 5.94. The molecule has 0 unspecified atom stereocenters. The zero-order valence-electron chi connectivity index (χ0n) is 19.9. The molecule has 2 aromatic carbocycles. The normalized spacial score (nSPS) is 15.7. The molecule has 0 aliphatic carbocycles. The minimum absolute atomic E-state index is 0.201. The molecular weight excluding hydrogens is 450 g/mol. The highest BCUT2D eigenvalue weighted by atomic mass is 19.1. The van der Waals surface area contributed by atoms with Crippen molar-refractivity contribution in [2.45, 2.75) is 13.0 Å². The molecule has 1 fully saturated rings. The molecule has 7 nitrogen and oxygen atoms in total. The number of hydrogen-bond donors (Lipinski definition) is 0. The third kappa shape index (κ3) is 4.62. The summed E-state index contributed by atoms with van der Waals surface area (Å²) in [5.74, 6) is 0.598. The van der Waals surface area contributed by atoms with Crippen LogP contribution in [0, 0.1) is 11.6 Å². The zero-order valence-corrected chi connectivity index (χ0v) is 19.9. The molecule has 35 heavy (non-hydrogen) atoms. The highest BCUT2D eigenvalue weighted by Gasteiger charge is 2.29. The van der Waals surface area contributed by atoms with E-state index >= 15 is 0 Å². The molecule has 1 aromatic heterocycles. The van der Waals surface area contributed by atoms with Crippen LogP contribution in [-0.2, 0) is 13.0 Å². The van der Waals surface area contributed by atoms with Crippen LogP contribution in [-0.4, -0.2) is 67.6 Å². The number of rotatable bonds is 4. The fraction of sp³-hybridized carbons (Fsp3) is 0.346. The van der Waals surface area contributed by atoms with Gasteiger partial charge in [-0.15, -0.1) is 0 Å². The van der Waals surface area contributed by atoms with E-state index in [0.717, 1.165) is 17.1 Å². The predicted molar refractivity (Wildman–Crippen MR) is 132 cm³/mol. The summed E-state index contributed by atoms with van der Waals surface area (Å²) < 4.78 is 27.9. The summed E-state index contributed by atoms with van der Waals surface area (Å²) in [6.07, 6.45) is 0.599. The van der Waals surface area contributed by atoms with Crippen molar-refractivity contribution in [3.05, 3.63) is 77.0 Å². The number of fused-ring (bicyclic) bond motifs is 1. The first-order valence-corrected chi connectivity index (χ1v) is 11.8. The number of carbonyl (C=O) groups excluding carboxylic acids is 1. The van der Waals surface area contributed by atoms with Gasteiger partial charge >= 0.3 is 0 Å². The molecule has 0 bridgehead atoms. The van der Waals surface area contributed by atoms with Crippen molar-refractivity contribution in [3.8, 4) is 0 Å². The Morgan fingerprint density at radius 1 is 0.914 bits per heavy atom. The lowest BCUT2D eigenvalue weighted by Crippen LogP contribution is -2.47. The van der Waals surface area contributed by atoms with Gasteiger partial charge in [0.2, 0.25) is 5.95 Å². The van der Waals surface area contributed by atoms with E-state index in [4.69, 9.17) is 9.97 Å². The molecule has 0 atom stereocenters. The first-order valence-electron chi connectivity index (χ1n) is 11.8. The van der Waals surface area contributed by atoms with Crippen molar-refractivity contribution in [3.63, 3.8) is 0 Å². The number of benzene rings is 2. The third-order valence-corrected chi connectivity index (χ3v) is 6.56. The minimum Gasteiger partial charge on any atom is -0.366 e. The van der Waals surface area contributed by atoms with E-state index in [2.05, 4.69) is 4.90 Å². The Balaban J connectivity index is 1.35. The Labute approximate surface area is 203 Å². The maximum Gasteiger partial charge on any atom is 0.254 e. The van der Waals surface area contributed by atoms with Crippen LogP contribution in [0.4, 0.5) is 26.2 Å². The van der Waals surface area contributed by atoms with E-state index in [0.29, 0.717) is 62.9 Å². The number of nitrogens with zero attached hydrogens (tertiary/aromatic N) is 6. The summed E-state index contributed by atoms with van der Waals surface area (Å²) in [5, 5.41) is 0. The molecule has 2 aliphatic heterocycles. The maximum atomic E-state index is 14.2. The van der Waals surface area contributed by atoms with Crippen molar-refractivity contribution >= 4 is 23.4 Å². The van der Waals surface area contributed by atoms with Gasteiger partial charge in [-0.25, -0.2) is 13.8 Å². The molecule has 0 saturated carbocycles. The SMILES string of the molecule is CN(C)c1nc(N2CCN(c3ccccc3F)CC2)nc2c1CN(C(=O)c1cccc(F)c1)CC2. The van der Waals surface area contributed by atoms with Gasteiger partial charge < -0.3 is 19.6 Å². The lowest BCUT2D eigenvalue weighted by Gasteiger charge is -2.37. The van der Waals surface area contributed by atoms with E-state index in [1.807, 2.05) is 30.0 Å². The van der Waals surface area contributed by atoms with Crippen LogP contribution in [0.25, 0.3) is 0 Å². The summed E-state index contributed by atoms with van der Waals surface area (Å²) in [6.45, 7) is 3.60. The van der Waals surface area contributed by atoms with Crippen LogP contribution in [0.3, 0.4) is 0 Å². The van der Waals surface area contributed by atoms with Gasteiger partial charge in [0.25, 0.3) is 5.91 Å². The van der Waals surface area contributed by atoms with E-state index in [-0.39, 0.29) is 11.7 Å². The second-order valence-electron chi connectivity index (χ2n) is 9.08. The number of anilines is 3. The van der Waals surface area contributed by atoms with Crippen molar-refractivity contribution in [2.24, 2.45) is 0 Å². The van der Waals surface area contributed by atoms with E-state index in [1.165, 1.54) is 18.2 Å². The number of piperazine rings is 1. The lowest BCUT2D eigenvalue weighted by molar-refractivity contribution is 0.0733. The molecule has 0 N–H and O–H groups in total. The topological polar surface area (TPSA) is 55.8 Å². The predicted octanol–water partition coefficient (Wildman–Crippen LogP) is 3.35. The summed E-state index contributed by atoms with van der Waals surface area (Å²) in [7, 11) is 3.85. The maximum absolute atomic E-state index is 14.2. The minimum atomic E-state index is -0.426. The summed E-state index contributed by atoms with van der Waals surface area (Å²) in [6, 6.07) is 12.6. The van der Waals surface area contributed by atoms with Crippen LogP contribution >= 0.6 is 0 Å². The van der Waals surface area contributed by atoms with E-state index in [1.54, 1.807) is 29.2 Å². The molecule has 1 saturated heterocycles. The van der Waals surface area contributed by atoms with Crippen LogP contribution in [0.1, 0.15) is 21.6 Å². The largest absolute Gasteiger partial charge is 0.366 e. The van der Waals surface area contributed by atoms with Gasteiger partial charge in [0, 0.05) is 64.4 Å². The monoisotopic (exact) mass is 478 g/mol. The van der Waals surface area contributed by atoms with Gasteiger partial charge in [-0.05, 0) is 30.3 Å². The molecule has 3 aromatic rings. The molecule has 0 radical (unpaired) electrons. The lowest BCUT2D eigenvalue weighted by atomic mass is 10.0. The number of amides is 1. The first kappa shape index (κ1) is 23.0. The summed E-state index contributed by atoms with van der Waals surface area (Å²) >= 11 is 0. The van der Waals surface area contributed by atoms with Crippen LogP contribution in [0.15, 0.2) is 48.5 Å². The molecule has 3 heterocycles.